The Hall–Kier alpha value is -3.13. The lowest BCUT2D eigenvalue weighted by atomic mass is 9.66. The van der Waals surface area contributed by atoms with Crippen LogP contribution in [0.4, 0.5) is 8.78 Å². The predicted molar refractivity (Wildman–Crippen MR) is 122 cm³/mol. The van der Waals surface area contributed by atoms with Crippen LogP contribution in [0.25, 0.3) is 22.5 Å². The van der Waals surface area contributed by atoms with E-state index >= 15 is 0 Å². The van der Waals surface area contributed by atoms with Gasteiger partial charge in [-0.25, -0.2) is 18.7 Å². The number of hydrogen-bond acceptors (Lipinski definition) is 3. The molecular weight excluding hydrogens is 404 g/mol. The van der Waals surface area contributed by atoms with Crippen molar-refractivity contribution in [1.29, 1.82) is 5.26 Å². The molecule has 32 heavy (non-hydrogen) atoms. The molecule has 0 unspecified atom stereocenters. The van der Waals surface area contributed by atoms with Crippen LogP contribution in [0.3, 0.4) is 0 Å². The number of nitrogens with zero attached hydrogens (tertiary/aromatic N) is 3. The highest BCUT2D eigenvalue weighted by Crippen LogP contribution is 2.43. The van der Waals surface area contributed by atoms with Gasteiger partial charge in [-0.05, 0) is 47.9 Å². The minimum Gasteiger partial charge on any atom is -0.236 e. The first-order chi connectivity index (χ1) is 15.6. The third-order valence-electron chi connectivity index (χ3n) is 6.71. The molecule has 1 saturated carbocycles. The van der Waals surface area contributed by atoms with Crippen LogP contribution in [0.15, 0.2) is 48.8 Å². The van der Waals surface area contributed by atoms with Crippen LogP contribution in [0.2, 0.25) is 0 Å². The van der Waals surface area contributed by atoms with E-state index in [0.29, 0.717) is 5.41 Å². The van der Waals surface area contributed by atoms with Gasteiger partial charge in [0.25, 0.3) is 0 Å². The van der Waals surface area contributed by atoms with Gasteiger partial charge in [-0.1, -0.05) is 63.3 Å². The number of hydrogen-bond donors (Lipinski definition) is 0. The molecule has 3 aromatic rings. The van der Waals surface area contributed by atoms with Crippen molar-refractivity contribution in [3.63, 3.8) is 0 Å². The Morgan fingerprint density at radius 2 is 1.53 bits per heavy atom. The fourth-order valence-corrected chi connectivity index (χ4v) is 4.88. The summed E-state index contributed by atoms with van der Waals surface area (Å²) in [4.78, 5) is 8.60. The van der Waals surface area contributed by atoms with Crippen molar-refractivity contribution in [3.8, 4) is 28.6 Å². The van der Waals surface area contributed by atoms with Gasteiger partial charge in [0, 0.05) is 23.5 Å². The molecule has 2 aromatic carbocycles. The Kier molecular flexibility index (Phi) is 6.60. The summed E-state index contributed by atoms with van der Waals surface area (Å²) in [6.45, 7) is 2.25. The first kappa shape index (κ1) is 22.1. The lowest BCUT2D eigenvalue weighted by Crippen LogP contribution is -2.29. The standard InChI is InChI=1S/C27H27F2N3/c1-2-3-11-27(12-5-4-6-13-27)22-9-7-19(8-10-22)21-17-31-26(32-18-21)20-14-24(28)23(16-30)25(29)15-20/h7-10,14-15,17-18H,2-6,11-13H2,1H3. The average Bonchev–Trinajstić information content (AvgIpc) is 2.83. The maximum absolute atomic E-state index is 13.9. The molecule has 0 bridgehead atoms. The summed E-state index contributed by atoms with van der Waals surface area (Å²) >= 11 is 0. The molecule has 1 fully saturated rings. The lowest BCUT2D eigenvalue weighted by Gasteiger charge is -2.38. The third-order valence-corrected chi connectivity index (χ3v) is 6.71. The van der Waals surface area contributed by atoms with Crippen LogP contribution >= 0.6 is 0 Å². The molecule has 164 valence electrons. The molecule has 4 rings (SSSR count). The van der Waals surface area contributed by atoms with Gasteiger partial charge in [0.1, 0.15) is 23.3 Å². The van der Waals surface area contributed by atoms with E-state index < -0.39 is 17.2 Å². The molecule has 1 heterocycles. The number of unbranched alkanes of at least 4 members (excludes halogenated alkanes) is 1. The van der Waals surface area contributed by atoms with Gasteiger partial charge in [0.2, 0.25) is 0 Å². The second-order valence-electron chi connectivity index (χ2n) is 8.74. The molecule has 3 nitrogen and oxygen atoms in total. The monoisotopic (exact) mass is 431 g/mol. The topological polar surface area (TPSA) is 49.6 Å². The van der Waals surface area contributed by atoms with E-state index in [4.69, 9.17) is 5.26 Å². The Bertz CT molecular complexity index is 1090. The van der Waals surface area contributed by atoms with E-state index in [0.717, 1.165) is 23.3 Å². The van der Waals surface area contributed by atoms with E-state index in [1.807, 2.05) is 0 Å². The maximum Gasteiger partial charge on any atom is 0.159 e. The van der Waals surface area contributed by atoms with Crippen LogP contribution in [0, 0.1) is 23.0 Å². The third kappa shape index (κ3) is 4.41. The van der Waals surface area contributed by atoms with E-state index in [1.165, 1.54) is 63.0 Å². The first-order valence-corrected chi connectivity index (χ1v) is 11.4. The van der Waals surface area contributed by atoms with Crippen LogP contribution in [0.1, 0.15) is 69.4 Å². The zero-order valence-electron chi connectivity index (χ0n) is 18.4. The summed E-state index contributed by atoms with van der Waals surface area (Å²) in [5.41, 5.74) is 3.20. The Morgan fingerprint density at radius 1 is 0.906 bits per heavy atom. The minimum atomic E-state index is -0.912. The van der Waals surface area contributed by atoms with E-state index in [-0.39, 0.29) is 11.4 Å². The van der Waals surface area contributed by atoms with E-state index in [1.54, 1.807) is 12.4 Å². The second-order valence-corrected chi connectivity index (χ2v) is 8.74. The van der Waals surface area contributed by atoms with Crippen LogP contribution < -0.4 is 0 Å². The number of halogens is 2. The molecule has 0 saturated heterocycles. The van der Waals surface area contributed by atoms with Crippen molar-refractivity contribution < 1.29 is 8.78 Å². The van der Waals surface area contributed by atoms with E-state index in [9.17, 15) is 8.78 Å². The van der Waals surface area contributed by atoms with Crippen LogP contribution in [0.5, 0.6) is 0 Å². The summed E-state index contributed by atoms with van der Waals surface area (Å²) in [5, 5.41) is 8.82. The van der Waals surface area contributed by atoms with Crippen molar-refractivity contribution in [3.05, 3.63) is 71.6 Å². The molecule has 0 atom stereocenters. The molecule has 0 N–H and O–H groups in total. The quantitative estimate of drug-likeness (QED) is 0.410. The van der Waals surface area contributed by atoms with Gasteiger partial charge in [-0.15, -0.1) is 0 Å². The first-order valence-electron chi connectivity index (χ1n) is 11.4. The van der Waals surface area contributed by atoms with Gasteiger partial charge in [0.05, 0.1) is 0 Å². The largest absolute Gasteiger partial charge is 0.236 e. The molecular formula is C27H27F2N3. The molecule has 0 amide bonds. The van der Waals surface area contributed by atoms with Gasteiger partial charge in [0.15, 0.2) is 5.82 Å². The fraction of sp³-hybridized carbons (Fsp3) is 0.370. The Balaban J connectivity index is 1.57. The zero-order chi connectivity index (χ0) is 22.6. The second kappa shape index (κ2) is 9.56. The average molecular weight is 432 g/mol. The molecule has 0 aliphatic heterocycles. The smallest absolute Gasteiger partial charge is 0.159 e. The van der Waals surface area contributed by atoms with Gasteiger partial charge < -0.3 is 0 Å². The highest BCUT2D eigenvalue weighted by Gasteiger charge is 2.33. The SMILES string of the molecule is CCCCC1(c2ccc(-c3cnc(-c4cc(F)c(C#N)c(F)c4)nc3)cc2)CCCCC1. The van der Waals surface area contributed by atoms with Crippen LogP contribution in [-0.2, 0) is 5.41 Å². The van der Waals surface area contributed by atoms with Gasteiger partial charge in [-0.3, -0.25) is 0 Å². The molecule has 5 heteroatoms. The lowest BCUT2D eigenvalue weighted by molar-refractivity contribution is 0.267. The molecule has 0 spiro atoms. The number of nitriles is 1. The summed E-state index contributed by atoms with van der Waals surface area (Å²) in [6.07, 6.45) is 13.5. The highest BCUT2D eigenvalue weighted by molar-refractivity contribution is 5.64. The van der Waals surface area contributed by atoms with Gasteiger partial charge >= 0.3 is 0 Å². The molecule has 1 aliphatic carbocycles. The summed E-state index contributed by atoms with van der Waals surface area (Å²) in [6, 6.07) is 12.4. The van der Waals surface area contributed by atoms with E-state index in [2.05, 4.69) is 41.2 Å². The molecule has 1 aliphatic rings. The number of rotatable bonds is 6. The fourth-order valence-electron chi connectivity index (χ4n) is 4.88. The normalized spacial score (nSPS) is 15.3. The molecule has 1 aromatic heterocycles. The van der Waals surface area contributed by atoms with Crippen molar-refractivity contribution in [1.82, 2.24) is 9.97 Å². The summed E-state index contributed by atoms with van der Waals surface area (Å²) in [7, 11) is 0. The zero-order valence-corrected chi connectivity index (χ0v) is 18.4. The van der Waals surface area contributed by atoms with Crippen LogP contribution in [-0.4, -0.2) is 9.97 Å². The maximum atomic E-state index is 13.9. The predicted octanol–water partition coefficient (Wildman–Crippen LogP) is 7.35. The Labute approximate surface area is 188 Å². The van der Waals surface area contributed by atoms with Crippen molar-refractivity contribution in [2.75, 3.05) is 0 Å². The Morgan fingerprint density at radius 3 is 2.09 bits per heavy atom. The number of aromatic nitrogens is 2. The van der Waals surface area contributed by atoms with Crippen molar-refractivity contribution in [2.45, 2.75) is 63.7 Å². The highest BCUT2D eigenvalue weighted by atomic mass is 19.1. The van der Waals surface area contributed by atoms with Crippen molar-refractivity contribution in [2.24, 2.45) is 0 Å². The van der Waals surface area contributed by atoms with Crippen molar-refractivity contribution >= 4 is 0 Å². The summed E-state index contributed by atoms with van der Waals surface area (Å²) in [5.74, 6) is -1.61. The van der Waals surface area contributed by atoms with Gasteiger partial charge in [-0.2, -0.15) is 5.26 Å². The number of benzene rings is 2. The minimum absolute atomic E-state index is 0.205. The molecule has 0 radical (unpaired) electrons. The summed E-state index contributed by atoms with van der Waals surface area (Å²) < 4.78 is 27.8.